The fraction of sp³-hybridized carbons (Fsp3) is 0.400. The van der Waals surface area contributed by atoms with Gasteiger partial charge >= 0.3 is 6.01 Å². The van der Waals surface area contributed by atoms with E-state index in [-0.39, 0.29) is 0 Å². The second kappa shape index (κ2) is 6.84. The molecule has 0 saturated carbocycles. The van der Waals surface area contributed by atoms with E-state index in [2.05, 4.69) is 39.3 Å². The Labute approximate surface area is 119 Å². The van der Waals surface area contributed by atoms with E-state index in [0.29, 0.717) is 24.4 Å². The maximum Gasteiger partial charge on any atom is 0.321 e. The summed E-state index contributed by atoms with van der Waals surface area (Å²) in [6.07, 6.45) is 0.983. The smallest absolute Gasteiger partial charge is 0.321 e. The summed E-state index contributed by atoms with van der Waals surface area (Å²) in [7, 11) is 0. The van der Waals surface area contributed by atoms with Gasteiger partial charge in [0.1, 0.15) is 0 Å². The fourth-order valence-corrected chi connectivity index (χ4v) is 1.85. The minimum Gasteiger partial charge on any atom is -0.464 e. The molecule has 5 nitrogen and oxygen atoms in total. The lowest BCUT2D eigenvalue weighted by atomic mass is 10.1. The molecule has 1 aromatic heterocycles. The van der Waals surface area contributed by atoms with E-state index in [1.165, 1.54) is 5.56 Å². The quantitative estimate of drug-likeness (QED) is 0.876. The number of hydrogen-bond donors (Lipinski definition) is 1. The number of aryl methyl sites for hydroxylation is 1. The summed E-state index contributed by atoms with van der Waals surface area (Å²) in [5, 5.41) is 3.10. The molecule has 0 unspecified atom stereocenters. The van der Waals surface area contributed by atoms with E-state index in [1.54, 1.807) is 0 Å². The molecule has 0 radical (unpaired) electrons. The van der Waals surface area contributed by atoms with E-state index in [0.717, 1.165) is 18.5 Å². The van der Waals surface area contributed by atoms with Crippen molar-refractivity contribution < 1.29 is 4.74 Å². The number of aromatic nitrogens is 3. The van der Waals surface area contributed by atoms with Crippen LogP contribution in [0, 0.1) is 0 Å². The molecule has 0 bridgehead atoms. The lowest BCUT2D eigenvalue weighted by Crippen LogP contribution is -2.07. The third-order valence-corrected chi connectivity index (χ3v) is 2.82. The molecule has 0 aliphatic carbocycles. The molecule has 0 atom stereocenters. The van der Waals surface area contributed by atoms with Crippen molar-refractivity contribution in [2.45, 2.75) is 27.2 Å². The predicted octanol–water partition coefficient (Wildman–Crippen LogP) is 2.93. The molecular formula is C15H20N4O. The van der Waals surface area contributed by atoms with Gasteiger partial charge < -0.3 is 10.1 Å². The third kappa shape index (κ3) is 3.44. The summed E-state index contributed by atoms with van der Waals surface area (Å²) < 4.78 is 5.41. The van der Waals surface area contributed by atoms with Crippen LogP contribution >= 0.6 is 0 Å². The predicted molar refractivity (Wildman–Crippen MR) is 80.0 cm³/mol. The van der Waals surface area contributed by atoms with Crippen LogP contribution in [0.25, 0.3) is 11.4 Å². The van der Waals surface area contributed by atoms with E-state index in [1.807, 2.05) is 26.0 Å². The Balaban J connectivity index is 2.42. The van der Waals surface area contributed by atoms with Gasteiger partial charge in [0.25, 0.3) is 0 Å². The van der Waals surface area contributed by atoms with E-state index in [9.17, 15) is 0 Å². The molecule has 0 aliphatic heterocycles. The lowest BCUT2D eigenvalue weighted by Gasteiger charge is -2.08. The Kier molecular flexibility index (Phi) is 4.87. The summed E-state index contributed by atoms with van der Waals surface area (Å²) in [5.41, 5.74) is 2.23. The van der Waals surface area contributed by atoms with Crippen LogP contribution < -0.4 is 10.1 Å². The highest BCUT2D eigenvalue weighted by Gasteiger charge is 2.09. The molecular weight excluding hydrogens is 252 g/mol. The van der Waals surface area contributed by atoms with Gasteiger partial charge in [-0.25, -0.2) is 0 Å². The average Bonchev–Trinajstić information content (AvgIpc) is 2.48. The van der Waals surface area contributed by atoms with E-state index < -0.39 is 0 Å². The van der Waals surface area contributed by atoms with Gasteiger partial charge in [0.15, 0.2) is 5.82 Å². The van der Waals surface area contributed by atoms with Crippen LogP contribution in [0.5, 0.6) is 6.01 Å². The first-order chi connectivity index (χ1) is 9.76. The second-order valence-corrected chi connectivity index (χ2v) is 4.28. The first kappa shape index (κ1) is 14.2. The standard InChI is InChI=1S/C15H20N4O/c1-4-11-8-7-9-12(10-11)13-17-14(16-5-2)19-15(18-13)20-6-3/h7-10H,4-6H2,1-3H3,(H,16,17,18,19). The molecule has 0 amide bonds. The SMILES string of the molecule is CCNc1nc(OCC)nc(-c2cccc(CC)c2)n1. The van der Waals surface area contributed by atoms with Crippen molar-refractivity contribution in [2.75, 3.05) is 18.5 Å². The molecule has 1 heterocycles. The zero-order chi connectivity index (χ0) is 14.4. The highest BCUT2D eigenvalue weighted by Crippen LogP contribution is 2.20. The number of hydrogen-bond acceptors (Lipinski definition) is 5. The molecule has 1 aromatic carbocycles. The third-order valence-electron chi connectivity index (χ3n) is 2.82. The minimum absolute atomic E-state index is 0.357. The summed E-state index contributed by atoms with van der Waals surface area (Å²) in [6, 6.07) is 8.57. The monoisotopic (exact) mass is 272 g/mol. The Morgan fingerprint density at radius 3 is 2.65 bits per heavy atom. The molecule has 0 fully saturated rings. The highest BCUT2D eigenvalue weighted by atomic mass is 16.5. The normalized spacial score (nSPS) is 10.3. The van der Waals surface area contributed by atoms with Crippen molar-refractivity contribution in [2.24, 2.45) is 0 Å². The molecule has 0 spiro atoms. The number of ether oxygens (including phenoxy) is 1. The summed E-state index contributed by atoms with van der Waals surface area (Å²) in [5.74, 6) is 1.18. The van der Waals surface area contributed by atoms with E-state index in [4.69, 9.17) is 4.74 Å². The van der Waals surface area contributed by atoms with Gasteiger partial charge in [-0.3, -0.25) is 0 Å². The lowest BCUT2D eigenvalue weighted by molar-refractivity contribution is 0.312. The van der Waals surface area contributed by atoms with Gasteiger partial charge in [-0.2, -0.15) is 15.0 Å². The first-order valence-electron chi connectivity index (χ1n) is 6.98. The van der Waals surface area contributed by atoms with E-state index >= 15 is 0 Å². The Morgan fingerprint density at radius 1 is 1.10 bits per heavy atom. The van der Waals surface area contributed by atoms with Crippen molar-refractivity contribution in [3.8, 4) is 17.4 Å². The van der Waals surface area contributed by atoms with Crippen LogP contribution in [0.15, 0.2) is 24.3 Å². The van der Waals surface area contributed by atoms with Crippen LogP contribution in [0.2, 0.25) is 0 Å². The van der Waals surface area contributed by atoms with Crippen molar-refractivity contribution in [3.63, 3.8) is 0 Å². The largest absolute Gasteiger partial charge is 0.464 e. The molecule has 5 heteroatoms. The van der Waals surface area contributed by atoms with Gasteiger partial charge in [-0.05, 0) is 31.9 Å². The highest BCUT2D eigenvalue weighted by molar-refractivity contribution is 5.57. The molecule has 0 aliphatic rings. The maximum atomic E-state index is 5.41. The van der Waals surface area contributed by atoms with Crippen molar-refractivity contribution in [1.29, 1.82) is 0 Å². The van der Waals surface area contributed by atoms with Gasteiger partial charge in [-0.15, -0.1) is 0 Å². The van der Waals surface area contributed by atoms with Crippen molar-refractivity contribution in [3.05, 3.63) is 29.8 Å². The number of benzene rings is 1. The Morgan fingerprint density at radius 2 is 1.95 bits per heavy atom. The van der Waals surface area contributed by atoms with Gasteiger partial charge in [-0.1, -0.05) is 25.1 Å². The maximum absolute atomic E-state index is 5.41. The minimum atomic E-state index is 0.357. The molecule has 20 heavy (non-hydrogen) atoms. The first-order valence-corrected chi connectivity index (χ1v) is 6.98. The average molecular weight is 272 g/mol. The molecule has 0 saturated heterocycles. The Bertz CT molecular complexity index is 547. The fourth-order valence-electron chi connectivity index (χ4n) is 1.85. The second-order valence-electron chi connectivity index (χ2n) is 4.28. The van der Waals surface area contributed by atoms with Gasteiger partial charge in [0.05, 0.1) is 6.61 Å². The van der Waals surface area contributed by atoms with Crippen LogP contribution in [-0.2, 0) is 6.42 Å². The zero-order valence-electron chi connectivity index (χ0n) is 12.2. The summed E-state index contributed by atoms with van der Waals surface area (Å²) >= 11 is 0. The summed E-state index contributed by atoms with van der Waals surface area (Å²) in [4.78, 5) is 13.0. The molecule has 2 rings (SSSR count). The van der Waals surface area contributed by atoms with Crippen LogP contribution in [0.3, 0.4) is 0 Å². The number of nitrogens with zero attached hydrogens (tertiary/aromatic N) is 3. The topological polar surface area (TPSA) is 59.9 Å². The Hall–Kier alpha value is -2.17. The number of nitrogens with one attached hydrogen (secondary N) is 1. The van der Waals surface area contributed by atoms with Crippen molar-refractivity contribution in [1.82, 2.24) is 15.0 Å². The molecule has 106 valence electrons. The molecule has 1 N–H and O–H groups in total. The van der Waals surface area contributed by atoms with Crippen LogP contribution in [0.1, 0.15) is 26.3 Å². The van der Waals surface area contributed by atoms with Gasteiger partial charge in [0, 0.05) is 12.1 Å². The van der Waals surface area contributed by atoms with Crippen LogP contribution in [-0.4, -0.2) is 28.1 Å². The van der Waals surface area contributed by atoms with Crippen molar-refractivity contribution >= 4 is 5.95 Å². The zero-order valence-corrected chi connectivity index (χ0v) is 12.2. The van der Waals surface area contributed by atoms with Crippen LogP contribution in [0.4, 0.5) is 5.95 Å². The number of anilines is 1. The molecule has 2 aromatic rings. The van der Waals surface area contributed by atoms with Gasteiger partial charge in [0.2, 0.25) is 5.95 Å². The number of rotatable bonds is 6. The summed E-state index contributed by atoms with van der Waals surface area (Å²) in [6.45, 7) is 7.33.